The average molecular weight is 239 g/mol. The molecule has 0 aromatic heterocycles. The summed E-state index contributed by atoms with van der Waals surface area (Å²) in [7, 11) is 1.57. The molecule has 1 fully saturated rings. The van der Waals surface area contributed by atoms with Crippen molar-refractivity contribution in [1.82, 2.24) is 0 Å². The van der Waals surface area contributed by atoms with Gasteiger partial charge in [0.05, 0.1) is 7.11 Å². The summed E-state index contributed by atoms with van der Waals surface area (Å²) in [4.78, 5) is 0. The molecule has 0 saturated carbocycles. The highest BCUT2D eigenvalue weighted by Crippen LogP contribution is 2.30. The number of methoxy groups -OCH3 is 1. The molecule has 0 amide bonds. The first-order valence-corrected chi connectivity index (χ1v) is 5.87. The summed E-state index contributed by atoms with van der Waals surface area (Å²) in [5.41, 5.74) is 6.85. The van der Waals surface area contributed by atoms with E-state index in [1.54, 1.807) is 13.2 Å². The van der Waals surface area contributed by atoms with E-state index < -0.39 is 0 Å². The van der Waals surface area contributed by atoms with Crippen molar-refractivity contribution in [2.75, 3.05) is 20.3 Å². The summed E-state index contributed by atoms with van der Waals surface area (Å²) >= 11 is 0. The third-order valence-electron chi connectivity index (χ3n) is 3.20. The van der Waals surface area contributed by atoms with E-state index in [-0.39, 0.29) is 11.9 Å². The highest BCUT2D eigenvalue weighted by Gasteiger charge is 2.21. The third kappa shape index (κ3) is 2.96. The second-order valence-electron chi connectivity index (χ2n) is 4.46. The maximum absolute atomic E-state index is 13.2. The van der Waals surface area contributed by atoms with Gasteiger partial charge in [0, 0.05) is 24.8 Å². The van der Waals surface area contributed by atoms with Gasteiger partial charge in [-0.25, -0.2) is 4.39 Å². The molecule has 1 aliphatic rings. The van der Waals surface area contributed by atoms with Crippen LogP contribution in [-0.2, 0) is 4.74 Å². The molecule has 2 atom stereocenters. The molecular formula is C13H18FNO2. The first kappa shape index (κ1) is 12.3. The van der Waals surface area contributed by atoms with Crippen molar-refractivity contribution in [3.05, 3.63) is 29.6 Å². The summed E-state index contributed by atoms with van der Waals surface area (Å²) in [6.07, 6.45) is 1.84. The van der Waals surface area contributed by atoms with Gasteiger partial charge in [-0.3, -0.25) is 0 Å². The molecule has 1 aliphatic heterocycles. The third-order valence-corrected chi connectivity index (χ3v) is 3.20. The first-order chi connectivity index (χ1) is 8.20. The predicted octanol–water partition coefficient (Wildman–Crippen LogP) is 2.26. The van der Waals surface area contributed by atoms with E-state index in [9.17, 15) is 4.39 Å². The van der Waals surface area contributed by atoms with Crippen LogP contribution in [0.1, 0.15) is 24.4 Å². The number of ether oxygens (including phenoxy) is 2. The van der Waals surface area contributed by atoms with Crippen LogP contribution in [0.5, 0.6) is 5.75 Å². The summed E-state index contributed by atoms with van der Waals surface area (Å²) in [6, 6.07) is 4.26. The topological polar surface area (TPSA) is 44.5 Å². The van der Waals surface area contributed by atoms with Crippen molar-refractivity contribution in [3.8, 4) is 5.75 Å². The maximum Gasteiger partial charge on any atom is 0.123 e. The summed E-state index contributed by atoms with van der Waals surface area (Å²) < 4.78 is 23.7. The summed E-state index contributed by atoms with van der Waals surface area (Å²) in [5, 5.41) is 0. The van der Waals surface area contributed by atoms with E-state index in [1.165, 1.54) is 12.1 Å². The second kappa shape index (κ2) is 5.47. The van der Waals surface area contributed by atoms with E-state index in [0.29, 0.717) is 11.7 Å². The Morgan fingerprint density at radius 2 is 2.41 bits per heavy atom. The zero-order chi connectivity index (χ0) is 12.3. The Labute approximate surface area is 101 Å². The van der Waals surface area contributed by atoms with Crippen molar-refractivity contribution in [2.45, 2.75) is 18.9 Å². The van der Waals surface area contributed by atoms with E-state index >= 15 is 0 Å². The molecule has 1 aromatic carbocycles. The van der Waals surface area contributed by atoms with Crippen LogP contribution in [0.2, 0.25) is 0 Å². The summed E-state index contributed by atoms with van der Waals surface area (Å²) in [5.74, 6) is 0.842. The molecule has 1 saturated heterocycles. The minimum Gasteiger partial charge on any atom is -0.496 e. The fraction of sp³-hybridized carbons (Fsp3) is 0.538. The smallest absolute Gasteiger partial charge is 0.123 e. The molecule has 0 bridgehead atoms. The van der Waals surface area contributed by atoms with Crippen molar-refractivity contribution in [3.63, 3.8) is 0 Å². The lowest BCUT2D eigenvalue weighted by molar-refractivity contribution is 0.182. The number of halogens is 1. The molecule has 0 spiro atoms. The normalized spacial score (nSPS) is 21.5. The lowest BCUT2D eigenvalue weighted by atomic mass is 9.94. The standard InChI is InChI=1S/C13H18FNO2/c1-16-13-3-2-10(14)7-11(13)12(15)6-9-4-5-17-8-9/h2-3,7,9,12H,4-6,8,15H2,1H3. The fourth-order valence-electron chi connectivity index (χ4n) is 2.25. The number of nitrogens with two attached hydrogens (primary N) is 1. The number of hydrogen-bond donors (Lipinski definition) is 1. The van der Waals surface area contributed by atoms with Gasteiger partial charge in [0.2, 0.25) is 0 Å². The largest absolute Gasteiger partial charge is 0.496 e. The predicted molar refractivity (Wildman–Crippen MR) is 63.4 cm³/mol. The Bertz CT molecular complexity index is 378. The van der Waals surface area contributed by atoms with Crippen molar-refractivity contribution in [1.29, 1.82) is 0 Å². The Balaban J connectivity index is 2.11. The molecule has 1 aromatic rings. The Morgan fingerprint density at radius 3 is 3.06 bits per heavy atom. The molecular weight excluding hydrogens is 221 g/mol. The lowest BCUT2D eigenvalue weighted by Crippen LogP contribution is -2.16. The second-order valence-corrected chi connectivity index (χ2v) is 4.46. The van der Waals surface area contributed by atoms with Crippen LogP contribution in [0.25, 0.3) is 0 Å². The Hall–Kier alpha value is -1.13. The zero-order valence-corrected chi connectivity index (χ0v) is 9.99. The van der Waals surface area contributed by atoms with Gasteiger partial charge in [-0.05, 0) is 37.0 Å². The van der Waals surface area contributed by atoms with Gasteiger partial charge in [-0.2, -0.15) is 0 Å². The molecule has 0 aliphatic carbocycles. The van der Waals surface area contributed by atoms with Crippen molar-refractivity contribution >= 4 is 0 Å². The minimum absolute atomic E-state index is 0.202. The number of hydrogen-bond acceptors (Lipinski definition) is 3. The van der Waals surface area contributed by atoms with Crippen LogP contribution in [0.4, 0.5) is 4.39 Å². The Morgan fingerprint density at radius 1 is 1.59 bits per heavy atom. The minimum atomic E-state index is -0.279. The molecule has 94 valence electrons. The van der Waals surface area contributed by atoms with Crippen LogP contribution < -0.4 is 10.5 Å². The van der Waals surface area contributed by atoms with Crippen LogP contribution in [0.15, 0.2) is 18.2 Å². The molecule has 2 rings (SSSR count). The van der Waals surface area contributed by atoms with Crippen molar-refractivity contribution in [2.24, 2.45) is 11.7 Å². The SMILES string of the molecule is COc1ccc(F)cc1C(N)CC1CCOC1. The van der Waals surface area contributed by atoms with Crippen LogP contribution in [0.3, 0.4) is 0 Å². The van der Waals surface area contributed by atoms with Gasteiger partial charge in [-0.1, -0.05) is 0 Å². The van der Waals surface area contributed by atoms with Crippen LogP contribution >= 0.6 is 0 Å². The molecule has 4 heteroatoms. The van der Waals surface area contributed by atoms with Crippen LogP contribution in [0, 0.1) is 11.7 Å². The van der Waals surface area contributed by atoms with Gasteiger partial charge < -0.3 is 15.2 Å². The van der Waals surface area contributed by atoms with E-state index in [1.807, 2.05) is 0 Å². The molecule has 2 unspecified atom stereocenters. The first-order valence-electron chi connectivity index (χ1n) is 5.87. The number of rotatable bonds is 4. The quantitative estimate of drug-likeness (QED) is 0.876. The fourth-order valence-corrected chi connectivity index (χ4v) is 2.25. The average Bonchev–Trinajstić information content (AvgIpc) is 2.81. The number of benzene rings is 1. The van der Waals surface area contributed by atoms with E-state index in [4.69, 9.17) is 15.2 Å². The van der Waals surface area contributed by atoms with Gasteiger partial charge in [0.25, 0.3) is 0 Å². The lowest BCUT2D eigenvalue weighted by Gasteiger charge is -2.18. The molecule has 2 N–H and O–H groups in total. The zero-order valence-electron chi connectivity index (χ0n) is 9.99. The van der Waals surface area contributed by atoms with E-state index in [0.717, 1.165) is 31.6 Å². The molecule has 1 heterocycles. The van der Waals surface area contributed by atoms with Gasteiger partial charge >= 0.3 is 0 Å². The molecule has 0 radical (unpaired) electrons. The molecule has 17 heavy (non-hydrogen) atoms. The van der Waals surface area contributed by atoms with Gasteiger partial charge in [0.1, 0.15) is 11.6 Å². The summed E-state index contributed by atoms with van der Waals surface area (Å²) in [6.45, 7) is 1.56. The van der Waals surface area contributed by atoms with Gasteiger partial charge in [-0.15, -0.1) is 0 Å². The van der Waals surface area contributed by atoms with Gasteiger partial charge in [0.15, 0.2) is 0 Å². The van der Waals surface area contributed by atoms with E-state index in [2.05, 4.69) is 0 Å². The van der Waals surface area contributed by atoms with Crippen LogP contribution in [-0.4, -0.2) is 20.3 Å². The molecule has 3 nitrogen and oxygen atoms in total. The highest BCUT2D eigenvalue weighted by atomic mass is 19.1. The Kier molecular flexibility index (Phi) is 3.97. The highest BCUT2D eigenvalue weighted by molar-refractivity contribution is 5.36. The monoisotopic (exact) mass is 239 g/mol. The van der Waals surface area contributed by atoms with Crippen molar-refractivity contribution < 1.29 is 13.9 Å². The maximum atomic E-state index is 13.2.